The highest BCUT2D eigenvalue weighted by atomic mass is 19.1. The van der Waals surface area contributed by atoms with Gasteiger partial charge in [0.25, 0.3) is 0 Å². The molecule has 0 radical (unpaired) electrons. The Balaban J connectivity index is 1.91. The third-order valence-electron chi connectivity index (χ3n) is 4.75. The lowest BCUT2D eigenvalue weighted by molar-refractivity contribution is 0.629. The Bertz CT molecular complexity index is 1030. The Labute approximate surface area is 146 Å². The van der Waals surface area contributed by atoms with Gasteiger partial charge < -0.3 is 4.98 Å². The maximum atomic E-state index is 13.5. The minimum Gasteiger partial charge on any atom is -0.338 e. The van der Waals surface area contributed by atoms with E-state index in [9.17, 15) is 4.39 Å². The van der Waals surface area contributed by atoms with E-state index in [0.29, 0.717) is 0 Å². The molecule has 0 aliphatic rings. The molecular weight excluding hydrogens is 311 g/mol. The van der Waals surface area contributed by atoms with Crippen LogP contribution in [0.4, 0.5) is 4.39 Å². The highest BCUT2D eigenvalue weighted by Crippen LogP contribution is 2.33. The predicted octanol–water partition coefficient (Wildman–Crippen LogP) is 6.25. The van der Waals surface area contributed by atoms with Gasteiger partial charge in [-0.25, -0.2) is 9.37 Å². The Morgan fingerprint density at radius 1 is 1.00 bits per heavy atom. The zero-order valence-electron chi connectivity index (χ0n) is 14.3. The lowest BCUT2D eigenvalue weighted by Gasteiger charge is -2.11. The third-order valence-corrected chi connectivity index (χ3v) is 4.75. The van der Waals surface area contributed by atoms with E-state index in [0.717, 1.165) is 35.3 Å². The number of nitrogens with zero attached hydrogens (tertiary/aromatic N) is 1. The summed E-state index contributed by atoms with van der Waals surface area (Å²) in [5.74, 6) is 0.577. The smallest absolute Gasteiger partial charge is 0.139 e. The molecule has 0 bridgehead atoms. The molecule has 0 saturated carbocycles. The minimum absolute atomic E-state index is 0.246. The molecule has 0 saturated heterocycles. The van der Waals surface area contributed by atoms with Crippen molar-refractivity contribution in [3.8, 4) is 11.4 Å². The number of nitrogens with one attached hydrogen (secondary N) is 1. The Morgan fingerprint density at radius 3 is 2.76 bits per heavy atom. The van der Waals surface area contributed by atoms with Crippen LogP contribution in [0.1, 0.15) is 31.7 Å². The van der Waals surface area contributed by atoms with Crippen molar-refractivity contribution in [3.63, 3.8) is 0 Å². The first-order chi connectivity index (χ1) is 12.3. The van der Waals surface area contributed by atoms with Crippen LogP contribution < -0.4 is 0 Å². The fourth-order valence-corrected chi connectivity index (χ4v) is 3.47. The second-order valence-corrected chi connectivity index (χ2v) is 6.52. The van der Waals surface area contributed by atoms with Crippen molar-refractivity contribution in [1.29, 1.82) is 0 Å². The summed E-state index contributed by atoms with van der Waals surface area (Å²) < 4.78 is 13.5. The van der Waals surface area contributed by atoms with Gasteiger partial charge in [-0.3, -0.25) is 0 Å². The molecule has 1 N–H and O–H groups in total. The number of imidazole rings is 1. The SMILES string of the molecule is CCCCCc1ccc2ccccc2c1-c1nc2ccc(F)cc2[nH]1. The van der Waals surface area contributed by atoms with Gasteiger partial charge in [0.1, 0.15) is 11.6 Å². The van der Waals surface area contributed by atoms with E-state index in [2.05, 4.69) is 48.3 Å². The van der Waals surface area contributed by atoms with Gasteiger partial charge in [-0.1, -0.05) is 56.2 Å². The van der Waals surface area contributed by atoms with Crippen LogP contribution >= 0.6 is 0 Å². The van der Waals surface area contributed by atoms with Crippen LogP contribution in [0.25, 0.3) is 33.2 Å². The van der Waals surface area contributed by atoms with Crippen LogP contribution in [0.3, 0.4) is 0 Å². The molecular formula is C22H21FN2. The summed E-state index contributed by atoms with van der Waals surface area (Å²) in [7, 11) is 0. The monoisotopic (exact) mass is 332 g/mol. The fraction of sp³-hybridized carbons (Fsp3) is 0.227. The summed E-state index contributed by atoms with van der Waals surface area (Å²) in [5.41, 5.74) is 3.98. The zero-order chi connectivity index (χ0) is 17.2. The van der Waals surface area contributed by atoms with Crippen molar-refractivity contribution in [2.24, 2.45) is 0 Å². The molecule has 0 aliphatic heterocycles. The predicted molar refractivity (Wildman–Crippen MR) is 102 cm³/mol. The van der Waals surface area contributed by atoms with Crippen molar-refractivity contribution in [2.75, 3.05) is 0 Å². The zero-order valence-corrected chi connectivity index (χ0v) is 14.3. The molecule has 25 heavy (non-hydrogen) atoms. The molecule has 3 heteroatoms. The summed E-state index contributed by atoms with van der Waals surface area (Å²) in [4.78, 5) is 8.07. The number of hydrogen-bond acceptors (Lipinski definition) is 1. The lowest BCUT2D eigenvalue weighted by atomic mass is 9.95. The second kappa shape index (κ2) is 6.67. The van der Waals surface area contributed by atoms with Gasteiger partial charge in [-0.15, -0.1) is 0 Å². The number of unbranched alkanes of at least 4 members (excludes halogenated alkanes) is 2. The minimum atomic E-state index is -0.246. The van der Waals surface area contributed by atoms with Gasteiger partial charge in [0, 0.05) is 5.56 Å². The topological polar surface area (TPSA) is 28.7 Å². The van der Waals surface area contributed by atoms with Crippen LogP contribution in [0, 0.1) is 5.82 Å². The summed E-state index contributed by atoms with van der Waals surface area (Å²) in [6.07, 6.45) is 4.61. The number of hydrogen-bond donors (Lipinski definition) is 1. The first-order valence-electron chi connectivity index (χ1n) is 8.92. The summed E-state index contributed by atoms with van der Waals surface area (Å²) in [5, 5.41) is 2.39. The van der Waals surface area contributed by atoms with E-state index >= 15 is 0 Å². The molecule has 4 aromatic rings. The molecule has 126 valence electrons. The molecule has 1 heterocycles. The van der Waals surface area contributed by atoms with Gasteiger partial charge in [0.15, 0.2) is 0 Å². The van der Waals surface area contributed by atoms with Gasteiger partial charge >= 0.3 is 0 Å². The Kier molecular flexibility index (Phi) is 4.22. The van der Waals surface area contributed by atoms with Crippen LogP contribution in [0.15, 0.2) is 54.6 Å². The Morgan fingerprint density at radius 2 is 1.88 bits per heavy atom. The third kappa shape index (κ3) is 3.02. The molecule has 0 aliphatic carbocycles. The maximum Gasteiger partial charge on any atom is 0.139 e. The second-order valence-electron chi connectivity index (χ2n) is 6.52. The number of aromatic nitrogens is 2. The molecule has 3 aromatic carbocycles. The summed E-state index contributed by atoms with van der Waals surface area (Å²) in [6.45, 7) is 2.22. The van der Waals surface area contributed by atoms with E-state index in [1.165, 1.54) is 41.3 Å². The van der Waals surface area contributed by atoms with Crippen molar-refractivity contribution >= 4 is 21.8 Å². The molecule has 0 atom stereocenters. The van der Waals surface area contributed by atoms with Crippen LogP contribution in [0.5, 0.6) is 0 Å². The molecule has 0 fully saturated rings. The number of H-pyrrole nitrogens is 1. The first kappa shape index (κ1) is 15.8. The van der Waals surface area contributed by atoms with E-state index in [1.54, 1.807) is 6.07 Å². The normalized spacial score (nSPS) is 11.4. The van der Waals surface area contributed by atoms with E-state index in [1.807, 2.05) is 0 Å². The standard InChI is InChI=1S/C22H21FN2/c1-2-3-4-8-16-11-10-15-7-5-6-9-18(15)21(16)22-24-19-13-12-17(23)14-20(19)25-22/h5-7,9-14H,2-4,8H2,1H3,(H,24,25). The molecule has 0 spiro atoms. The van der Waals surface area contributed by atoms with Gasteiger partial charge in [0.05, 0.1) is 11.0 Å². The van der Waals surface area contributed by atoms with Gasteiger partial charge in [-0.2, -0.15) is 0 Å². The molecule has 1 aromatic heterocycles. The average molecular weight is 332 g/mol. The number of aryl methyl sites for hydroxylation is 1. The van der Waals surface area contributed by atoms with E-state index in [4.69, 9.17) is 4.98 Å². The highest BCUT2D eigenvalue weighted by Gasteiger charge is 2.14. The molecule has 0 amide bonds. The van der Waals surface area contributed by atoms with Gasteiger partial charge in [-0.05, 0) is 47.4 Å². The van der Waals surface area contributed by atoms with Crippen molar-refractivity contribution in [2.45, 2.75) is 32.6 Å². The fourth-order valence-electron chi connectivity index (χ4n) is 3.47. The average Bonchev–Trinajstić information content (AvgIpc) is 3.04. The van der Waals surface area contributed by atoms with Crippen LogP contribution in [0.2, 0.25) is 0 Å². The van der Waals surface area contributed by atoms with Crippen molar-refractivity contribution < 1.29 is 4.39 Å². The number of benzene rings is 3. The highest BCUT2D eigenvalue weighted by molar-refractivity contribution is 5.98. The quantitative estimate of drug-likeness (QED) is 0.430. The maximum absolute atomic E-state index is 13.5. The van der Waals surface area contributed by atoms with Crippen LogP contribution in [-0.4, -0.2) is 9.97 Å². The number of halogens is 1. The van der Waals surface area contributed by atoms with E-state index < -0.39 is 0 Å². The number of aromatic amines is 1. The number of fused-ring (bicyclic) bond motifs is 2. The van der Waals surface area contributed by atoms with E-state index in [-0.39, 0.29) is 5.82 Å². The Hall–Kier alpha value is -2.68. The number of rotatable bonds is 5. The van der Waals surface area contributed by atoms with Gasteiger partial charge in [0.2, 0.25) is 0 Å². The van der Waals surface area contributed by atoms with Crippen molar-refractivity contribution in [1.82, 2.24) is 9.97 Å². The summed E-state index contributed by atoms with van der Waals surface area (Å²) >= 11 is 0. The largest absolute Gasteiger partial charge is 0.338 e. The first-order valence-corrected chi connectivity index (χ1v) is 8.92. The molecule has 4 rings (SSSR count). The summed E-state index contributed by atoms with van der Waals surface area (Å²) in [6, 6.07) is 17.5. The molecule has 0 unspecified atom stereocenters. The van der Waals surface area contributed by atoms with Crippen molar-refractivity contribution in [3.05, 3.63) is 66.0 Å². The molecule has 2 nitrogen and oxygen atoms in total. The lowest BCUT2D eigenvalue weighted by Crippen LogP contribution is -1.94. The van der Waals surface area contributed by atoms with Crippen LogP contribution in [-0.2, 0) is 6.42 Å².